The quantitative estimate of drug-likeness (QED) is 0.673. The summed E-state index contributed by atoms with van der Waals surface area (Å²) in [7, 11) is -3.23. The molecule has 4 nitrogen and oxygen atoms in total. The third-order valence-electron chi connectivity index (χ3n) is 3.32. The summed E-state index contributed by atoms with van der Waals surface area (Å²) < 4.78 is 28.1. The van der Waals surface area contributed by atoms with Crippen LogP contribution in [0.3, 0.4) is 0 Å². The van der Waals surface area contributed by atoms with Crippen LogP contribution in [0.2, 0.25) is 0 Å². The van der Waals surface area contributed by atoms with Crippen LogP contribution in [0.15, 0.2) is 0 Å². The summed E-state index contributed by atoms with van der Waals surface area (Å²) in [5.74, 6) is 0. The Labute approximate surface area is 114 Å². The maximum absolute atomic E-state index is 12.4. The molecule has 0 aromatic carbocycles. The zero-order chi connectivity index (χ0) is 12.9. The Bertz CT molecular complexity index is 317. The van der Waals surface area contributed by atoms with Crippen LogP contribution < -0.4 is 0 Å². The maximum Gasteiger partial charge on any atom is 0.282 e. The SMILES string of the molecule is CCN(CC)S(=O)(=O)N1CCCC1CCCBr. The van der Waals surface area contributed by atoms with E-state index in [9.17, 15) is 8.42 Å². The monoisotopic (exact) mass is 326 g/mol. The molecule has 0 aromatic rings. The van der Waals surface area contributed by atoms with Gasteiger partial charge in [-0.15, -0.1) is 0 Å². The van der Waals surface area contributed by atoms with Crippen LogP contribution in [0.25, 0.3) is 0 Å². The summed E-state index contributed by atoms with van der Waals surface area (Å²) in [5.41, 5.74) is 0. The molecule has 17 heavy (non-hydrogen) atoms. The van der Waals surface area contributed by atoms with Gasteiger partial charge in [-0.1, -0.05) is 29.8 Å². The molecule has 1 saturated heterocycles. The molecule has 1 aliphatic rings. The maximum atomic E-state index is 12.4. The van der Waals surface area contributed by atoms with Gasteiger partial charge in [0, 0.05) is 31.0 Å². The summed E-state index contributed by atoms with van der Waals surface area (Å²) in [6.07, 6.45) is 4.00. The molecule has 0 N–H and O–H groups in total. The van der Waals surface area contributed by atoms with E-state index in [0.29, 0.717) is 19.6 Å². The minimum Gasteiger partial charge on any atom is -0.195 e. The zero-order valence-electron chi connectivity index (χ0n) is 10.7. The van der Waals surface area contributed by atoms with Gasteiger partial charge in [0.1, 0.15) is 0 Å². The first kappa shape index (κ1) is 15.4. The second-order valence-electron chi connectivity index (χ2n) is 4.33. The molecule has 0 amide bonds. The lowest BCUT2D eigenvalue weighted by Gasteiger charge is -2.29. The molecular weight excluding hydrogens is 304 g/mol. The van der Waals surface area contributed by atoms with E-state index in [1.807, 2.05) is 13.8 Å². The number of alkyl halides is 1. The summed E-state index contributed by atoms with van der Waals surface area (Å²) in [4.78, 5) is 0. The largest absolute Gasteiger partial charge is 0.282 e. The number of rotatable bonds is 7. The second-order valence-corrected chi connectivity index (χ2v) is 7.00. The topological polar surface area (TPSA) is 40.6 Å². The first-order chi connectivity index (χ1) is 8.07. The van der Waals surface area contributed by atoms with Gasteiger partial charge in [-0.2, -0.15) is 17.0 Å². The lowest BCUT2D eigenvalue weighted by molar-refractivity contribution is 0.323. The lowest BCUT2D eigenvalue weighted by Crippen LogP contribution is -2.45. The highest BCUT2D eigenvalue weighted by Crippen LogP contribution is 2.26. The van der Waals surface area contributed by atoms with E-state index < -0.39 is 10.2 Å². The van der Waals surface area contributed by atoms with E-state index in [1.54, 1.807) is 8.61 Å². The van der Waals surface area contributed by atoms with E-state index in [1.165, 1.54) is 0 Å². The van der Waals surface area contributed by atoms with Crippen molar-refractivity contribution in [2.45, 2.75) is 45.6 Å². The van der Waals surface area contributed by atoms with Crippen LogP contribution in [0.1, 0.15) is 39.5 Å². The normalized spacial score (nSPS) is 22.5. The summed E-state index contributed by atoms with van der Waals surface area (Å²) in [6.45, 7) is 5.59. The van der Waals surface area contributed by atoms with Crippen LogP contribution in [0.4, 0.5) is 0 Å². The molecule has 0 saturated carbocycles. The third-order valence-corrected chi connectivity index (χ3v) is 6.13. The van der Waals surface area contributed by atoms with Crippen LogP contribution in [-0.2, 0) is 10.2 Å². The highest BCUT2D eigenvalue weighted by Gasteiger charge is 2.36. The third kappa shape index (κ3) is 3.66. The van der Waals surface area contributed by atoms with Gasteiger partial charge >= 0.3 is 0 Å². The van der Waals surface area contributed by atoms with E-state index in [-0.39, 0.29) is 6.04 Å². The number of nitrogens with zero attached hydrogens (tertiary/aromatic N) is 2. The van der Waals surface area contributed by atoms with Gasteiger partial charge in [0.15, 0.2) is 0 Å². The Balaban J connectivity index is 2.75. The average molecular weight is 327 g/mol. The molecule has 0 spiro atoms. The number of hydrogen-bond donors (Lipinski definition) is 0. The minimum atomic E-state index is -3.23. The molecule has 0 bridgehead atoms. The molecule has 1 heterocycles. The highest BCUT2D eigenvalue weighted by molar-refractivity contribution is 9.09. The van der Waals surface area contributed by atoms with Gasteiger partial charge in [0.25, 0.3) is 10.2 Å². The minimum absolute atomic E-state index is 0.207. The van der Waals surface area contributed by atoms with Gasteiger partial charge in [-0.05, 0) is 25.7 Å². The molecule has 0 aliphatic carbocycles. The average Bonchev–Trinajstić information content (AvgIpc) is 2.76. The molecule has 102 valence electrons. The highest BCUT2D eigenvalue weighted by atomic mass is 79.9. The van der Waals surface area contributed by atoms with Crippen molar-refractivity contribution < 1.29 is 8.42 Å². The van der Waals surface area contributed by atoms with Crippen molar-refractivity contribution in [2.75, 3.05) is 25.0 Å². The van der Waals surface area contributed by atoms with E-state index in [4.69, 9.17) is 0 Å². The van der Waals surface area contributed by atoms with Crippen molar-refractivity contribution in [3.63, 3.8) is 0 Å². The van der Waals surface area contributed by atoms with Crippen molar-refractivity contribution in [1.82, 2.24) is 8.61 Å². The molecule has 1 fully saturated rings. The van der Waals surface area contributed by atoms with Gasteiger partial charge < -0.3 is 0 Å². The molecule has 6 heteroatoms. The number of hydrogen-bond acceptors (Lipinski definition) is 2. The van der Waals surface area contributed by atoms with Crippen molar-refractivity contribution in [1.29, 1.82) is 0 Å². The molecule has 1 unspecified atom stereocenters. The van der Waals surface area contributed by atoms with Gasteiger partial charge in [-0.25, -0.2) is 0 Å². The molecule has 1 atom stereocenters. The Kier molecular flexibility index (Phi) is 6.40. The van der Waals surface area contributed by atoms with E-state index in [0.717, 1.165) is 31.0 Å². The first-order valence-corrected chi connectivity index (χ1v) is 8.92. The number of halogens is 1. The van der Waals surface area contributed by atoms with Gasteiger partial charge in [-0.3, -0.25) is 0 Å². The summed E-state index contributed by atoms with van der Waals surface area (Å²) >= 11 is 3.40. The van der Waals surface area contributed by atoms with Gasteiger partial charge in [0.2, 0.25) is 0 Å². The molecule has 0 radical (unpaired) electrons. The predicted octanol–water partition coefficient (Wildman–Crippen LogP) is 2.21. The Morgan fingerprint density at radius 1 is 1.35 bits per heavy atom. The zero-order valence-corrected chi connectivity index (χ0v) is 13.1. The first-order valence-electron chi connectivity index (χ1n) is 6.40. The molecule has 1 rings (SSSR count). The van der Waals surface area contributed by atoms with Crippen molar-refractivity contribution in [3.8, 4) is 0 Å². The van der Waals surface area contributed by atoms with Gasteiger partial charge in [0.05, 0.1) is 0 Å². The van der Waals surface area contributed by atoms with E-state index >= 15 is 0 Å². The standard InChI is InChI=1S/C11H23BrN2O2S/c1-3-13(4-2)17(15,16)14-10-6-8-11(14)7-5-9-12/h11H,3-10H2,1-2H3. The molecular formula is C11H23BrN2O2S. The van der Waals surface area contributed by atoms with Crippen molar-refractivity contribution in [2.24, 2.45) is 0 Å². The summed E-state index contributed by atoms with van der Waals surface area (Å²) in [6, 6.07) is 0.207. The Morgan fingerprint density at radius 2 is 2.00 bits per heavy atom. The fraction of sp³-hybridized carbons (Fsp3) is 1.00. The van der Waals surface area contributed by atoms with Crippen LogP contribution in [0.5, 0.6) is 0 Å². The Morgan fingerprint density at radius 3 is 2.53 bits per heavy atom. The fourth-order valence-corrected chi connectivity index (χ4v) is 4.63. The Hall–Kier alpha value is 0.350. The van der Waals surface area contributed by atoms with Crippen molar-refractivity contribution >= 4 is 26.1 Å². The molecule has 0 aromatic heterocycles. The van der Waals surface area contributed by atoms with Crippen LogP contribution in [-0.4, -0.2) is 48.0 Å². The lowest BCUT2D eigenvalue weighted by atomic mass is 10.1. The second kappa shape index (κ2) is 7.07. The van der Waals surface area contributed by atoms with Crippen molar-refractivity contribution in [3.05, 3.63) is 0 Å². The van der Waals surface area contributed by atoms with E-state index in [2.05, 4.69) is 15.9 Å². The van der Waals surface area contributed by atoms with Crippen LogP contribution >= 0.6 is 15.9 Å². The molecule has 1 aliphatic heterocycles. The fourth-order valence-electron chi connectivity index (χ4n) is 2.41. The smallest absolute Gasteiger partial charge is 0.195 e. The summed E-state index contributed by atoms with van der Waals surface area (Å²) in [5, 5.41) is 0.947. The van der Waals surface area contributed by atoms with Crippen LogP contribution in [0, 0.1) is 0 Å². The predicted molar refractivity (Wildman–Crippen MR) is 74.6 cm³/mol.